The number of halogens is 1. The van der Waals surface area contributed by atoms with Crippen molar-refractivity contribution in [1.82, 2.24) is 5.32 Å². The monoisotopic (exact) mass is 320 g/mol. The predicted molar refractivity (Wildman–Crippen MR) is 89.0 cm³/mol. The quantitative estimate of drug-likeness (QED) is 0.827. The third-order valence-electron chi connectivity index (χ3n) is 3.00. The minimum absolute atomic E-state index is 0.269. The molecule has 0 amide bonds. The van der Waals surface area contributed by atoms with Gasteiger partial charge in [-0.15, -0.1) is 0 Å². The fourth-order valence-corrected chi connectivity index (χ4v) is 2.08. The zero-order valence-electron chi connectivity index (χ0n) is 12.4. The summed E-state index contributed by atoms with van der Waals surface area (Å²) in [5.41, 5.74) is 1.53. The lowest BCUT2D eigenvalue weighted by Crippen LogP contribution is -2.28. The van der Waals surface area contributed by atoms with Crippen LogP contribution in [0.1, 0.15) is 5.56 Å². The van der Waals surface area contributed by atoms with Crippen LogP contribution in [-0.4, -0.2) is 19.3 Å². The number of nitrogens with one attached hydrogen (secondary N) is 2. The normalized spacial score (nSPS) is 9.95. The van der Waals surface area contributed by atoms with Gasteiger partial charge in [-0.2, -0.15) is 0 Å². The maximum absolute atomic E-state index is 13.1. The van der Waals surface area contributed by atoms with Crippen molar-refractivity contribution < 1.29 is 13.9 Å². The first-order valence-electron chi connectivity index (χ1n) is 6.63. The molecule has 22 heavy (non-hydrogen) atoms. The molecule has 0 spiro atoms. The number of ether oxygens (including phenoxy) is 2. The van der Waals surface area contributed by atoms with E-state index in [2.05, 4.69) is 10.6 Å². The molecule has 2 aromatic rings. The summed E-state index contributed by atoms with van der Waals surface area (Å²) in [6, 6.07) is 11.7. The number of methoxy groups -OCH3 is 2. The Bertz CT molecular complexity index is 664. The second-order valence-electron chi connectivity index (χ2n) is 4.50. The highest BCUT2D eigenvalue weighted by Gasteiger charge is 2.06. The first kappa shape index (κ1) is 16.0. The van der Waals surface area contributed by atoms with Crippen molar-refractivity contribution >= 4 is 23.0 Å². The fraction of sp³-hybridized carbons (Fsp3) is 0.188. The third-order valence-corrected chi connectivity index (χ3v) is 3.25. The lowest BCUT2D eigenvalue weighted by Gasteiger charge is -2.14. The number of thiocarbonyl (C=S) groups is 1. The van der Waals surface area contributed by atoms with Crippen LogP contribution in [0.15, 0.2) is 42.5 Å². The van der Waals surface area contributed by atoms with E-state index in [1.54, 1.807) is 32.4 Å². The van der Waals surface area contributed by atoms with Crippen LogP contribution in [0.5, 0.6) is 11.5 Å². The van der Waals surface area contributed by atoms with Crippen LogP contribution in [0, 0.1) is 5.82 Å². The third kappa shape index (κ3) is 4.33. The molecular formula is C16H17FN2O2S. The lowest BCUT2D eigenvalue weighted by atomic mass is 10.2. The van der Waals surface area contributed by atoms with Gasteiger partial charge in [-0.25, -0.2) is 4.39 Å². The van der Waals surface area contributed by atoms with E-state index in [1.807, 2.05) is 12.1 Å². The molecule has 0 aromatic heterocycles. The van der Waals surface area contributed by atoms with Gasteiger partial charge in [0.2, 0.25) is 0 Å². The highest BCUT2D eigenvalue weighted by atomic mass is 32.1. The van der Waals surface area contributed by atoms with E-state index in [9.17, 15) is 4.39 Å². The van der Waals surface area contributed by atoms with Gasteiger partial charge in [0.1, 0.15) is 17.3 Å². The van der Waals surface area contributed by atoms with Gasteiger partial charge in [0, 0.05) is 12.6 Å². The van der Waals surface area contributed by atoms with Crippen LogP contribution in [-0.2, 0) is 6.54 Å². The van der Waals surface area contributed by atoms with Gasteiger partial charge in [0.25, 0.3) is 0 Å². The molecule has 2 aromatic carbocycles. The van der Waals surface area contributed by atoms with E-state index in [0.29, 0.717) is 23.2 Å². The fourth-order valence-electron chi connectivity index (χ4n) is 1.90. The van der Waals surface area contributed by atoms with Crippen LogP contribution >= 0.6 is 12.2 Å². The number of hydrogen-bond acceptors (Lipinski definition) is 3. The van der Waals surface area contributed by atoms with Gasteiger partial charge in [0.15, 0.2) is 5.11 Å². The highest BCUT2D eigenvalue weighted by Crippen LogP contribution is 2.28. The molecule has 2 N–H and O–H groups in total. The van der Waals surface area contributed by atoms with Crippen LogP contribution < -0.4 is 20.1 Å². The first-order chi connectivity index (χ1) is 10.6. The molecule has 2 rings (SSSR count). The second-order valence-corrected chi connectivity index (χ2v) is 4.91. The van der Waals surface area contributed by atoms with E-state index in [0.717, 1.165) is 11.3 Å². The number of hydrogen-bond donors (Lipinski definition) is 2. The van der Waals surface area contributed by atoms with E-state index < -0.39 is 0 Å². The number of rotatable bonds is 5. The smallest absolute Gasteiger partial charge is 0.171 e. The Hall–Kier alpha value is -2.34. The van der Waals surface area contributed by atoms with Crippen LogP contribution in [0.25, 0.3) is 0 Å². The molecule has 0 aliphatic carbocycles. The summed E-state index contributed by atoms with van der Waals surface area (Å²) in [7, 11) is 3.16. The Kier molecular flexibility index (Phi) is 5.55. The van der Waals surface area contributed by atoms with Crippen molar-refractivity contribution in [3.05, 3.63) is 53.8 Å². The summed E-state index contributed by atoms with van der Waals surface area (Å²) in [5.74, 6) is 1.05. The van der Waals surface area contributed by atoms with Crippen molar-refractivity contribution in [1.29, 1.82) is 0 Å². The van der Waals surface area contributed by atoms with Crippen molar-refractivity contribution in [3.63, 3.8) is 0 Å². The maximum atomic E-state index is 13.1. The van der Waals surface area contributed by atoms with Gasteiger partial charge >= 0.3 is 0 Å². The molecular weight excluding hydrogens is 303 g/mol. The van der Waals surface area contributed by atoms with Crippen LogP contribution in [0.3, 0.4) is 0 Å². The van der Waals surface area contributed by atoms with Gasteiger partial charge < -0.3 is 20.1 Å². The number of benzene rings is 2. The average Bonchev–Trinajstić information content (AvgIpc) is 2.53. The first-order valence-corrected chi connectivity index (χ1v) is 7.04. The Morgan fingerprint density at radius 3 is 2.64 bits per heavy atom. The molecule has 0 aliphatic rings. The molecule has 0 fully saturated rings. The standard InChI is InChI=1S/C16H17FN2O2S/c1-20-13-6-7-14(15(9-13)21-2)19-16(22)18-10-11-4-3-5-12(17)8-11/h3-9H,10H2,1-2H3,(H2,18,19,22). The van der Waals surface area contributed by atoms with Gasteiger partial charge in [0.05, 0.1) is 19.9 Å². The summed E-state index contributed by atoms with van der Waals surface area (Å²) < 4.78 is 23.5. The molecule has 0 aliphatic heterocycles. The van der Waals surface area contributed by atoms with Gasteiger partial charge in [-0.1, -0.05) is 12.1 Å². The van der Waals surface area contributed by atoms with Crippen molar-refractivity contribution in [2.24, 2.45) is 0 Å². The minimum atomic E-state index is -0.269. The molecule has 0 bridgehead atoms. The summed E-state index contributed by atoms with van der Waals surface area (Å²) in [6.45, 7) is 0.433. The molecule has 0 unspecified atom stereocenters. The Morgan fingerprint density at radius 2 is 1.95 bits per heavy atom. The Labute approximate surface area is 134 Å². The molecule has 116 valence electrons. The molecule has 0 atom stereocenters. The van der Waals surface area contributed by atoms with Crippen LogP contribution in [0.2, 0.25) is 0 Å². The van der Waals surface area contributed by atoms with E-state index in [1.165, 1.54) is 12.1 Å². The summed E-state index contributed by atoms with van der Waals surface area (Å²) >= 11 is 5.23. The highest BCUT2D eigenvalue weighted by molar-refractivity contribution is 7.80. The van der Waals surface area contributed by atoms with E-state index in [-0.39, 0.29) is 5.82 Å². The Morgan fingerprint density at radius 1 is 1.14 bits per heavy atom. The molecule has 0 radical (unpaired) electrons. The molecule has 6 heteroatoms. The van der Waals surface area contributed by atoms with E-state index in [4.69, 9.17) is 21.7 Å². The van der Waals surface area contributed by atoms with E-state index >= 15 is 0 Å². The van der Waals surface area contributed by atoms with Gasteiger partial charge in [-0.3, -0.25) is 0 Å². The van der Waals surface area contributed by atoms with Gasteiger partial charge in [-0.05, 0) is 42.0 Å². The molecule has 4 nitrogen and oxygen atoms in total. The minimum Gasteiger partial charge on any atom is -0.497 e. The second kappa shape index (κ2) is 7.61. The molecule has 0 heterocycles. The molecule has 0 saturated carbocycles. The largest absolute Gasteiger partial charge is 0.497 e. The predicted octanol–water partition coefficient (Wildman–Crippen LogP) is 3.33. The van der Waals surface area contributed by atoms with Crippen molar-refractivity contribution in [2.75, 3.05) is 19.5 Å². The molecule has 0 saturated heterocycles. The summed E-state index contributed by atoms with van der Waals surface area (Å²) in [4.78, 5) is 0. The Balaban J connectivity index is 1.97. The summed E-state index contributed by atoms with van der Waals surface area (Å²) in [5, 5.41) is 6.49. The SMILES string of the molecule is COc1ccc(NC(=S)NCc2cccc(F)c2)c(OC)c1. The van der Waals surface area contributed by atoms with Crippen LogP contribution in [0.4, 0.5) is 10.1 Å². The van der Waals surface area contributed by atoms with Crippen molar-refractivity contribution in [2.45, 2.75) is 6.54 Å². The topological polar surface area (TPSA) is 42.5 Å². The average molecular weight is 320 g/mol. The maximum Gasteiger partial charge on any atom is 0.171 e. The zero-order valence-corrected chi connectivity index (χ0v) is 13.2. The summed E-state index contributed by atoms with van der Waals surface area (Å²) in [6.07, 6.45) is 0. The number of anilines is 1. The van der Waals surface area contributed by atoms with Crippen molar-refractivity contribution in [3.8, 4) is 11.5 Å². The zero-order chi connectivity index (χ0) is 15.9. The lowest BCUT2D eigenvalue weighted by molar-refractivity contribution is 0.395.